The fourth-order valence-electron chi connectivity index (χ4n) is 1.26. The van der Waals surface area contributed by atoms with Crippen molar-refractivity contribution in [1.29, 1.82) is 0 Å². The Hall–Kier alpha value is -1.16. The lowest BCUT2D eigenvalue weighted by atomic mass is 10.0. The van der Waals surface area contributed by atoms with Crippen LogP contribution in [0.25, 0.3) is 0 Å². The normalized spacial score (nSPS) is 11.2. The van der Waals surface area contributed by atoms with Gasteiger partial charge in [0.2, 0.25) is 5.91 Å². The molecule has 3 N–H and O–H groups in total. The molecule has 0 atom stereocenters. The van der Waals surface area contributed by atoms with Crippen LogP contribution in [-0.4, -0.2) is 17.2 Å². The summed E-state index contributed by atoms with van der Waals surface area (Å²) in [5.74, 6) is 0.483. The van der Waals surface area contributed by atoms with Gasteiger partial charge in [0.1, 0.15) is 0 Å². The monoisotopic (exact) mass is 252 g/mol. The van der Waals surface area contributed by atoms with E-state index in [1.165, 1.54) is 11.8 Å². The molecule has 1 amide bonds. The van der Waals surface area contributed by atoms with E-state index in [0.717, 1.165) is 17.0 Å². The van der Waals surface area contributed by atoms with Crippen LogP contribution in [0.4, 0.5) is 5.69 Å². The van der Waals surface area contributed by atoms with Crippen LogP contribution in [0.1, 0.15) is 27.2 Å². The molecule has 0 radical (unpaired) electrons. The maximum Gasteiger partial charge on any atom is 0.230 e. The Bertz CT molecular complexity index is 391. The maximum atomic E-state index is 11.7. The molecule has 0 spiro atoms. The third-order valence-electron chi connectivity index (χ3n) is 2.59. The predicted molar refractivity (Wildman–Crippen MR) is 74.1 cm³/mol. The lowest BCUT2D eigenvalue weighted by Gasteiger charge is -2.24. The number of hydrogen-bond acceptors (Lipinski definition) is 3. The van der Waals surface area contributed by atoms with Crippen LogP contribution in [0.2, 0.25) is 0 Å². The van der Waals surface area contributed by atoms with Crippen molar-refractivity contribution in [2.24, 2.45) is 0 Å². The standard InChI is InChI=1S/C13H20N2OS/c1-4-13(2,3)15-12(16)9-17-11-7-5-6-10(14)8-11/h5-8H,4,9,14H2,1-3H3,(H,15,16). The lowest BCUT2D eigenvalue weighted by Crippen LogP contribution is -2.43. The average molecular weight is 252 g/mol. The van der Waals surface area contributed by atoms with Crippen LogP contribution in [0.15, 0.2) is 29.2 Å². The summed E-state index contributed by atoms with van der Waals surface area (Å²) < 4.78 is 0. The number of amides is 1. The van der Waals surface area contributed by atoms with Gasteiger partial charge in [0, 0.05) is 16.1 Å². The van der Waals surface area contributed by atoms with Gasteiger partial charge in [-0.2, -0.15) is 0 Å². The molecule has 1 aromatic carbocycles. The second-order valence-electron chi connectivity index (χ2n) is 4.65. The van der Waals surface area contributed by atoms with Gasteiger partial charge in [0.15, 0.2) is 0 Å². The molecule has 0 saturated carbocycles. The highest BCUT2D eigenvalue weighted by Gasteiger charge is 2.17. The number of nitrogens with two attached hydrogens (primary N) is 1. The van der Waals surface area contributed by atoms with Gasteiger partial charge in [-0.25, -0.2) is 0 Å². The van der Waals surface area contributed by atoms with E-state index in [0.29, 0.717) is 5.75 Å². The SMILES string of the molecule is CCC(C)(C)NC(=O)CSc1cccc(N)c1. The molecule has 0 fully saturated rings. The van der Waals surface area contributed by atoms with E-state index in [1.807, 2.05) is 38.1 Å². The van der Waals surface area contributed by atoms with Gasteiger partial charge in [-0.05, 0) is 38.5 Å². The number of rotatable bonds is 5. The topological polar surface area (TPSA) is 55.1 Å². The zero-order chi connectivity index (χ0) is 12.9. The van der Waals surface area contributed by atoms with Gasteiger partial charge in [-0.1, -0.05) is 13.0 Å². The second kappa shape index (κ2) is 5.96. The fourth-order valence-corrected chi connectivity index (χ4v) is 2.02. The summed E-state index contributed by atoms with van der Waals surface area (Å²) in [6.45, 7) is 6.11. The quantitative estimate of drug-likeness (QED) is 0.625. The van der Waals surface area contributed by atoms with E-state index in [2.05, 4.69) is 12.2 Å². The zero-order valence-corrected chi connectivity index (χ0v) is 11.4. The number of nitrogen functional groups attached to an aromatic ring is 1. The van der Waals surface area contributed by atoms with Crippen LogP contribution < -0.4 is 11.1 Å². The minimum atomic E-state index is -0.132. The summed E-state index contributed by atoms with van der Waals surface area (Å²) in [4.78, 5) is 12.7. The summed E-state index contributed by atoms with van der Waals surface area (Å²) in [6.07, 6.45) is 0.918. The fraction of sp³-hybridized carbons (Fsp3) is 0.462. The van der Waals surface area contributed by atoms with Crippen molar-refractivity contribution in [3.8, 4) is 0 Å². The molecule has 0 aliphatic heterocycles. The Balaban J connectivity index is 2.44. The van der Waals surface area contributed by atoms with E-state index < -0.39 is 0 Å². The van der Waals surface area contributed by atoms with Crippen molar-refractivity contribution < 1.29 is 4.79 Å². The summed E-state index contributed by atoms with van der Waals surface area (Å²) in [5, 5.41) is 3.00. The maximum absolute atomic E-state index is 11.7. The van der Waals surface area contributed by atoms with Gasteiger partial charge in [-0.15, -0.1) is 11.8 Å². The molecule has 1 rings (SSSR count). The van der Waals surface area contributed by atoms with Crippen molar-refractivity contribution in [3.63, 3.8) is 0 Å². The van der Waals surface area contributed by atoms with Crippen molar-refractivity contribution in [3.05, 3.63) is 24.3 Å². The number of carbonyl (C=O) groups is 1. The first-order chi connectivity index (χ1) is 7.93. The summed E-state index contributed by atoms with van der Waals surface area (Å²) in [7, 11) is 0. The molecule has 4 heteroatoms. The number of anilines is 1. The highest BCUT2D eigenvalue weighted by Crippen LogP contribution is 2.20. The first kappa shape index (κ1) is 13.9. The first-order valence-electron chi connectivity index (χ1n) is 5.72. The third-order valence-corrected chi connectivity index (χ3v) is 3.58. The van der Waals surface area contributed by atoms with Gasteiger partial charge in [0.25, 0.3) is 0 Å². The summed E-state index contributed by atoms with van der Waals surface area (Å²) in [6, 6.07) is 7.57. The molecular weight excluding hydrogens is 232 g/mol. The third kappa shape index (κ3) is 5.13. The molecule has 94 valence electrons. The molecule has 0 bridgehead atoms. The van der Waals surface area contributed by atoms with Crippen LogP contribution >= 0.6 is 11.8 Å². The first-order valence-corrected chi connectivity index (χ1v) is 6.71. The molecule has 0 aliphatic rings. The molecule has 0 unspecified atom stereocenters. The van der Waals surface area contributed by atoms with E-state index in [9.17, 15) is 4.79 Å². The Morgan fingerprint density at radius 1 is 1.47 bits per heavy atom. The van der Waals surface area contributed by atoms with Gasteiger partial charge >= 0.3 is 0 Å². The lowest BCUT2D eigenvalue weighted by molar-refractivity contribution is -0.120. The minimum Gasteiger partial charge on any atom is -0.399 e. The molecule has 0 aliphatic carbocycles. The van der Waals surface area contributed by atoms with Crippen molar-refractivity contribution in [2.75, 3.05) is 11.5 Å². The Morgan fingerprint density at radius 3 is 2.76 bits per heavy atom. The van der Waals surface area contributed by atoms with Crippen LogP contribution in [0, 0.1) is 0 Å². The number of nitrogens with one attached hydrogen (secondary N) is 1. The smallest absolute Gasteiger partial charge is 0.230 e. The van der Waals surface area contributed by atoms with Crippen LogP contribution in [0.5, 0.6) is 0 Å². The van der Waals surface area contributed by atoms with Crippen molar-refractivity contribution in [1.82, 2.24) is 5.32 Å². The van der Waals surface area contributed by atoms with Crippen molar-refractivity contribution in [2.45, 2.75) is 37.6 Å². The number of benzene rings is 1. The van der Waals surface area contributed by atoms with Crippen molar-refractivity contribution >= 4 is 23.4 Å². The molecule has 0 saturated heterocycles. The Kier molecular flexibility index (Phi) is 4.87. The Morgan fingerprint density at radius 2 is 2.18 bits per heavy atom. The van der Waals surface area contributed by atoms with Crippen LogP contribution in [0.3, 0.4) is 0 Å². The van der Waals surface area contributed by atoms with E-state index in [1.54, 1.807) is 0 Å². The molecular formula is C13H20N2OS. The number of hydrogen-bond donors (Lipinski definition) is 2. The van der Waals surface area contributed by atoms with Gasteiger partial charge in [-0.3, -0.25) is 4.79 Å². The molecule has 0 aromatic heterocycles. The average Bonchev–Trinajstić information content (AvgIpc) is 2.26. The summed E-state index contributed by atoms with van der Waals surface area (Å²) in [5.41, 5.74) is 6.27. The largest absolute Gasteiger partial charge is 0.399 e. The zero-order valence-electron chi connectivity index (χ0n) is 10.6. The highest BCUT2D eigenvalue weighted by atomic mass is 32.2. The molecule has 17 heavy (non-hydrogen) atoms. The molecule has 3 nitrogen and oxygen atoms in total. The Labute approximate surface area is 107 Å². The number of thioether (sulfide) groups is 1. The number of carbonyl (C=O) groups excluding carboxylic acids is 1. The van der Waals surface area contributed by atoms with Gasteiger partial charge in [0.05, 0.1) is 5.75 Å². The van der Waals surface area contributed by atoms with E-state index in [4.69, 9.17) is 5.73 Å². The predicted octanol–water partition coefficient (Wildman–Crippen LogP) is 2.67. The van der Waals surface area contributed by atoms with Crippen LogP contribution in [-0.2, 0) is 4.79 Å². The molecule has 0 heterocycles. The minimum absolute atomic E-state index is 0.0595. The second-order valence-corrected chi connectivity index (χ2v) is 5.70. The molecule has 1 aromatic rings. The summed E-state index contributed by atoms with van der Waals surface area (Å²) >= 11 is 1.50. The van der Waals surface area contributed by atoms with E-state index in [-0.39, 0.29) is 11.4 Å². The van der Waals surface area contributed by atoms with E-state index >= 15 is 0 Å². The highest BCUT2D eigenvalue weighted by molar-refractivity contribution is 8.00. The van der Waals surface area contributed by atoms with Gasteiger partial charge < -0.3 is 11.1 Å².